The highest BCUT2D eigenvalue weighted by molar-refractivity contribution is 6.42. The van der Waals surface area contributed by atoms with Crippen LogP contribution in [0.1, 0.15) is 5.56 Å². The Labute approximate surface area is 81.9 Å². The third kappa shape index (κ3) is 2.16. The molecule has 0 fully saturated rings. The fraction of sp³-hybridized carbons (Fsp3) is 0.143. The smallest absolute Gasteiger partial charge is 0.0641 e. The van der Waals surface area contributed by atoms with Gasteiger partial charge in [0.1, 0.15) is 0 Å². The standard InChI is InChI=1S/C7H7Cl2N.ClH/c1-4-6(10)3-2-5(8)7(4)9;/h2-3H,10H2,1H3;1H. The Kier molecular flexibility index (Phi) is 4.01. The van der Waals surface area contributed by atoms with Gasteiger partial charge in [0.2, 0.25) is 0 Å². The van der Waals surface area contributed by atoms with Crippen LogP contribution in [-0.2, 0) is 0 Å². The molecule has 0 aliphatic heterocycles. The van der Waals surface area contributed by atoms with Crippen molar-refractivity contribution in [3.05, 3.63) is 27.7 Å². The topological polar surface area (TPSA) is 26.0 Å². The van der Waals surface area contributed by atoms with E-state index in [4.69, 9.17) is 28.9 Å². The van der Waals surface area contributed by atoms with Crippen molar-refractivity contribution < 1.29 is 0 Å². The van der Waals surface area contributed by atoms with Gasteiger partial charge in [-0.3, -0.25) is 0 Å². The number of anilines is 1. The summed E-state index contributed by atoms with van der Waals surface area (Å²) < 4.78 is 0. The number of hydrogen-bond acceptors (Lipinski definition) is 1. The fourth-order valence-electron chi connectivity index (χ4n) is 0.667. The van der Waals surface area contributed by atoms with Gasteiger partial charge in [-0.2, -0.15) is 0 Å². The van der Waals surface area contributed by atoms with Crippen molar-refractivity contribution >= 4 is 41.3 Å². The van der Waals surface area contributed by atoms with Crippen LogP contribution < -0.4 is 5.73 Å². The third-order valence-corrected chi connectivity index (χ3v) is 2.28. The van der Waals surface area contributed by atoms with Crippen LogP contribution in [0.2, 0.25) is 10.0 Å². The van der Waals surface area contributed by atoms with Crippen LogP contribution in [-0.4, -0.2) is 0 Å². The molecule has 11 heavy (non-hydrogen) atoms. The zero-order chi connectivity index (χ0) is 7.72. The van der Waals surface area contributed by atoms with Gasteiger partial charge in [0.05, 0.1) is 10.0 Å². The number of hydrogen-bond donors (Lipinski definition) is 1. The summed E-state index contributed by atoms with van der Waals surface area (Å²) in [6.45, 7) is 1.84. The van der Waals surface area contributed by atoms with Crippen LogP contribution in [0, 0.1) is 6.92 Å². The molecule has 0 amide bonds. The van der Waals surface area contributed by atoms with Gasteiger partial charge in [0.15, 0.2) is 0 Å². The van der Waals surface area contributed by atoms with E-state index in [2.05, 4.69) is 0 Å². The summed E-state index contributed by atoms with van der Waals surface area (Å²) in [4.78, 5) is 0. The first kappa shape index (κ1) is 10.9. The molecule has 0 atom stereocenters. The van der Waals surface area contributed by atoms with E-state index >= 15 is 0 Å². The van der Waals surface area contributed by atoms with Crippen molar-refractivity contribution in [3.8, 4) is 0 Å². The number of halogens is 3. The maximum Gasteiger partial charge on any atom is 0.0641 e. The lowest BCUT2D eigenvalue weighted by molar-refractivity contribution is 1.47. The summed E-state index contributed by atoms with van der Waals surface area (Å²) in [5.74, 6) is 0. The van der Waals surface area contributed by atoms with E-state index in [1.165, 1.54) is 0 Å². The van der Waals surface area contributed by atoms with Crippen molar-refractivity contribution in [3.63, 3.8) is 0 Å². The molecule has 0 unspecified atom stereocenters. The van der Waals surface area contributed by atoms with Crippen LogP contribution in [0.15, 0.2) is 12.1 Å². The molecule has 0 saturated heterocycles. The van der Waals surface area contributed by atoms with Gasteiger partial charge in [-0.05, 0) is 24.6 Å². The summed E-state index contributed by atoms with van der Waals surface area (Å²) in [7, 11) is 0. The monoisotopic (exact) mass is 211 g/mol. The molecule has 0 saturated carbocycles. The van der Waals surface area contributed by atoms with Gasteiger partial charge in [0.25, 0.3) is 0 Å². The van der Waals surface area contributed by atoms with Gasteiger partial charge in [-0.15, -0.1) is 12.4 Å². The lowest BCUT2D eigenvalue weighted by atomic mass is 10.2. The highest BCUT2D eigenvalue weighted by Gasteiger charge is 2.02. The zero-order valence-corrected chi connectivity index (χ0v) is 8.22. The molecule has 0 bridgehead atoms. The molecule has 0 aliphatic carbocycles. The zero-order valence-electron chi connectivity index (χ0n) is 5.90. The number of nitrogen functional groups attached to an aromatic ring is 1. The van der Waals surface area contributed by atoms with Gasteiger partial charge >= 0.3 is 0 Å². The second-order valence-corrected chi connectivity index (χ2v) is 2.86. The van der Waals surface area contributed by atoms with Crippen LogP contribution in [0.3, 0.4) is 0 Å². The Bertz CT molecular complexity index is 233. The van der Waals surface area contributed by atoms with E-state index < -0.39 is 0 Å². The largest absolute Gasteiger partial charge is 0.398 e. The predicted molar refractivity (Wildman–Crippen MR) is 52.9 cm³/mol. The van der Waals surface area contributed by atoms with Gasteiger partial charge in [-0.1, -0.05) is 23.2 Å². The van der Waals surface area contributed by atoms with Crippen molar-refractivity contribution in [2.45, 2.75) is 6.92 Å². The van der Waals surface area contributed by atoms with E-state index in [0.29, 0.717) is 15.7 Å². The van der Waals surface area contributed by atoms with E-state index in [-0.39, 0.29) is 12.4 Å². The first-order valence-electron chi connectivity index (χ1n) is 2.83. The second kappa shape index (κ2) is 4.05. The molecular formula is C7H8Cl3N. The molecule has 2 N–H and O–H groups in total. The van der Waals surface area contributed by atoms with Crippen molar-refractivity contribution in [1.29, 1.82) is 0 Å². The SMILES string of the molecule is Cc1c(N)ccc(Cl)c1Cl.Cl. The van der Waals surface area contributed by atoms with Gasteiger partial charge < -0.3 is 5.73 Å². The number of rotatable bonds is 0. The molecule has 4 heteroatoms. The maximum absolute atomic E-state index is 5.77. The van der Waals surface area contributed by atoms with Crippen LogP contribution in [0.5, 0.6) is 0 Å². The normalized spacial score (nSPS) is 9.00. The fourth-order valence-corrected chi connectivity index (χ4v) is 1.04. The Morgan fingerprint density at radius 1 is 1.27 bits per heavy atom. The van der Waals surface area contributed by atoms with Crippen molar-refractivity contribution in [2.75, 3.05) is 5.73 Å². The Hall–Kier alpha value is -0.110. The summed E-state index contributed by atoms with van der Waals surface area (Å²) >= 11 is 11.5. The molecular weight excluding hydrogens is 204 g/mol. The minimum Gasteiger partial charge on any atom is -0.398 e. The lowest BCUT2D eigenvalue weighted by Gasteiger charge is -2.02. The highest BCUT2D eigenvalue weighted by Crippen LogP contribution is 2.28. The first-order valence-corrected chi connectivity index (χ1v) is 3.58. The second-order valence-electron chi connectivity index (χ2n) is 2.08. The average Bonchev–Trinajstić information content (AvgIpc) is 1.93. The van der Waals surface area contributed by atoms with Crippen LogP contribution in [0.25, 0.3) is 0 Å². The van der Waals surface area contributed by atoms with Crippen molar-refractivity contribution in [2.24, 2.45) is 0 Å². The van der Waals surface area contributed by atoms with E-state index in [0.717, 1.165) is 5.56 Å². The molecule has 62 valence electrons. The summed E-state index contributed by atoms with van der Waals surface area (Å²) in [6, 6.07) is 3.43. The van der Waals surface area contributed by atoms with Gasteiger partial charge in [-0.25, -0.2) is 0 Å². The molecule has 1 rings (SSSR count). The lowest BCUT2D eigenvalue weighted by Crippen LogP contribution is -1.89. The first-order chi connectivity index (χ1) is 4.63. The maximum atomic E-state index is 5.77. The number of nitrogens with two attached hydrogens (primary N) is 1. The Morgan fingerprint density at radius 3 is 2.27 bits per heavy atom. The Morgan fingerprint density at radius 2 is 1.82 bits per heavy atom. The highest BCUT2D eigenvalue weighted by atomic mass is 35.5. The van der Waals surface area contributed by atoms with E-state index in [9.17, 15) is 0 Å². The van der Waals surface area contributed by atoms with E-state index in [1.807, 2.05) is 6.92 Å². The number of benzene rings is 1. The van der Waals surface area contributed by atoms with Gasteiger partial charge in [0, 0.05) is 5.69 Å². The molecule has 1 nitrogen and oxygen atoms in total. The summed E-state index contributed by atoms with van der Waals surface area (Å²) in [5, 5.41) is 1.09. The molecule has 0 spiro atoms. The summed E-state index contributed by atoms with van der Waals surface area (Å²) in [5.41, 5.74) is 7.06. The molecule has 0 heterocycles. The third-order valence-electron chi connectivity index (χ3n) is 1.38. The predicted octanol–water partition coefficient (Wildman–Crippen LogP) is 3.31. The molecule has 0 aromatic heterocycles. The minimum atomic E-state index is 0. The average molecular weight is 213 g/mol. The van der Waals surface area contributed by atoms with E-state index in [1.54, 1.807) is 12.1 Å². The minimum absolute atomic E-state index is 0. The molecule has 0 radical (unpaired) electrons. The molecule has 1 aromatic rings. The Balaban J connectivity index is 0.000001000. The molecule has 1 aromatic carbocycles. The van der Waals surface area contributed by atoms with Crippen molar-refractivity contribution in [1.82, 2.24) is 0 Å². The van der Waals surface area contributed by atoms with Crippen LogP contribution >= 0.6 is 35.6 Å². The summed E-state index contributed by atoms with van der Waals surface area (Å²) in [6.07, 6.45) is 0. The van der Waals surface area contributed by atoms with Crippen LogP contribution in [0.4, 0.5) is 5.69 Å². The quantitative estimate of drug-likeness (QED) is 0.656. The molecule has 0 aliphatic rings.